The highest BCUT2D eigenvalue weighted by Crippen LogP contribution is 2.29. The fourth-order valence-electron chi connectivity index (χ4n) is 2.38. The molecule has 1 amide bonds. The zero-order chi connectivity index (χ0) is 17.2. The minimum absolute atomic E-state index is 0.133. The molecule has 1 fully saturated rings. The van der Waals surface area contributed by atoms with Gasteiger partial charge >= 0.3 is 6.36 Å². The molecule has 1 aromatic heterocycles. The number of rotatable bonds is 3. The lowest BCUT2D eigenvalue weighted by Crippen LogP contribution is -2.40. The second kappa shape index (κ2) is 6.56. The minimum Gasteiger partial charge on any atom is -0.451 e. The van der Waals surface area contributed by atoms with Crippen LogP contribution in [0.1, 0.15) is 10.6 Å². The van der Waals surface area contributed by atoms with E-state index in [-0.39, 0.29) is 17.4 Å². The highest BCUT2D eigenvalue weighted by Gasteiger charge is 2.31. The van der Waals surface area contributed by atoms with Crippen LogP contribution in [0.25, 0.3) is 11.3 Å². The molecule has 0 bridgehead atoms. The van der Waals surface area contributed by atoms with Crippen LogP contribution in [0.4, 0.5) is 13.2 Å². The number of ether oxygens (including phenoxy) is 2. The fourth-order valence-corrected chi connectivity index (χ4v) is 2.38. The molecule has 5 nitrogen and oxygen atoms in total. The van der Waals surface area contributed by atoms with Crippen LogP contribution >= 0.6 is 0 Å². The van der Waals surface area contributed by atoms with Gasteiger partial charge in [-0.15, -0.1) is 13.2 Å². The molecule has 128 valence electrons. The van der Waals surface area contributed by atoms with Crippen LogP contribution in [-0.2, 0) is 4.74 Å². The molecule has 0 saturated carbocycles. The Morgan fingerprint density at radius 1 is 1.12 bits per heavy atom. The summed E-state index contributed by atoms with van der Waals surface area (Å²) in [5.74, 6) is -0.196. The lowest BCUT2D eigenvalue weighted by atomic mass is 10.1. The molecule has 1 aliphatic rings. The molecule has 2 heterocycles. The molecular weight excluding hydrogens is 327 g/mol. The number of nitrogens with zero attached hydrogens (tertiary/aromatic N) is 1. The van der Waals surface area contributed by atoms with E-state index < -0.39 is 6.36 Å². The van der Waals surface area contributed by atoms with E-state index in [1.165, 1.54) is 24.3 Å². The van der Waals surface area contributed by atoms with Gasteiger partial charge in [-0.05, 0) is 24.3 Å². The number of amides is 1. The summed E-state index contributed by atoms with van der Waals surface area (Å²) < 4.78 is 51.4. The van der Waals surface area contributed by atoms with Crippen molar-refractivity contribution in [3.63, 3.8) is 0 Å². The summed E-state index contributed by atoms with van der Waals surface area (Å²) >= 11 is 0. The van der Waals surface area contributed by atoms with Crippen molar-refractivity contribution in [2.24, 2.45) is 0 Å². The average molecular weight is 341 g/mol. The average Bonchev–Trinajstić information content (AvgIpc) is 3.03. The zero-order valence-electron chi connectivity index (χ0n) is 12.5. The maximum Gasteiger partial charge on any atom is 0.573 e. The number of benzene rings is 1. The molecule has 24 heavy (non-hydrogen) atoms. The van der Waals surface area contributed by atoms with E-state index in [9.17, 15) is 18.0 Å². The molecule has 0 N–H and O–H groups in total. The Morgan fingerprint density at radius 3 is 2.58 bits per heavy atom. The van der Waals surface area contributed by atoms with Gasteiger partial charge in [-0.2, -0.15) is 0 Å². The van der Waals surface area contributed by atoms with Gasteiger partial charge in [-0.1, -0.05) is 12.1 Å². The summed E-state index contributed by atoms with van der Waals surface area (Å²) in [7, 11) is 0. The maximum atomic E-state index is 12.3. The number of furan rings is 1. The lowest BCUT2D eigenvalue weighted by molar-refractivity contribution is -0.274. The molecule has 2 aromatic rings. The van der Waals surface area contributed by atoms with E-state index in [0.717, 1.165) is 0 Å². The second-order valence-corrected chi connectivity index (χ2v) is 5.14. The van der Waals surface area contributed by atoms with E-state index in [1.54, 1.807) is 17.0 Å². The summed E-state index contributed by atoms with van der Waals surface area (Å²) in [4.78, 5) is 13.9. The topological polar surface area (TPSA) is 51.9 Å². The van der Waals surface area contributed by atoms with Crippen LogP contribution in [0.3, 0.4) is 0 Å². The van der Waals surface area contributed by atoms with Crippen LogP contribution in [-0.4, -0.2) is 43.5 Å². The molecule has 0 atom stereocenters. The Hall–Kier alpha value is -2.48. The standard InChI is InChI=1S/C16H14F3NO4/c17-16(18,19)24-12-3-1-2-11(10-12)13-4-5-14(23-13)15(21)20-6-8-22-9-7-20/h1-5,10H,6-9H2. The molecule has 0 radical (unpaired) electrons. The van der Waals surface area contributed by atoms with Crippen molar-refractivity contribution < 1.29 is 31.9 Å². The first-order valence-electron chi connectivity index (χ1n) is 7.25. The highest BCUT2D eigenvalue weighted by molar-refractivity contribution is 5.92. The van der Waals surface area contributed by atoms with Crippen molar-refractivity contribution in [2.45, 2.75) is 6.36 Å². The van der Waals surface area contributed by atoms with Crippen molar-refractivity contribution in [2.75, 3.05) is 26.3 Å². The van der Waals surface area contributed by atoms with Crippen LogP contribution in [0.5, 0.6) is 5.75 Å². The van der Waals surface area contributed by atoms with Crippen LogP contribution in [0.2, 0.25) is 0 Å². The molecule has 0 spiro atoms. The second-order valence-electron chi connectivity index (χ2n) is 5.14. The molecule has 0 unspecified atom stereocenters. The van der Waals surface area contributed by atoms with Crippen molar-refractivity contribution in [3.05, 3.63) is 42.2 Å². The summed E-state index contributed by atoms with van der Waals surface area (Å²) in [5.41, 5.74) is 0.387. The Kier molecular flexibility index (Phi) is 4.48. The normalized spacial score (nSPS) is 15.4. The minimum atomic E-state index is -4.76. The fraction of sp³-hybridized carbons (Fsp3) is 0.312. The first-order valence-corrected chi connectivity index (χ1v) is 7.25. The van der Waals surface area contributed by atoms with E-state index in [0.29, 0.717) is 37.6 Å². The molecule has 8 heteroatoms. The first kappa shape index (κ1) is 16.4. The summed E-state index contributed by atoms with van der Waals surface area (Å²) in [5, 5.41) is 0. The van der Waals surface area contributed by atoms with Crippen molar-refractivity contribution >= 4 is 5.91 Å². The van der Waals surface area contributed by atoms with Crippen LogP contribution in [0.15, 0.2) is 40.8 Å². The van der Waals surface area contributed by atoms with Gasteiger partial charge in [0.1, 0.15) is 11.5 Å². The molecule has 1 aliphatic heterocycles. The number of halogens is 3. The van der Waals surface area contributed by atoms with Crippen LogP contribution < -0.4 is 4.74 Å². The Morgan fingerprint density at radius 2 is 1.88 bits per heavy atom. The molecule has 1 saturated heterocycles. The molecule has 3 rings (SSSR count). The van der Waals surface area contributed by atoms with Gasteiger partial charge in [-0.3, -0.25) is 4.79 Å². The third kappa shape index (κ3) is 3.88. The first-order chi connectivity index (χ1) is 11.4. The highest BCUT2D eigenvalue weighted by atomic mass is 19.4. The number of carbonyl (C=O) groups excluding carboxylic acids is 1. The lowest BCUT2D eigenvalue weighted by Gasteiger charge is -2.25. The smallest absolute Gasteiger partial charge is 0.451 e. The summed E-state index contributed by atoms with van der Waals surface area (Å²) in [6.45, 7) is 1.89. The predicted octanol–water partition coefficient (Wildman–Crippen LogP) is 3.32. The molecule has 0 aliphatic carbocycles. The number of alkyl halides is 3. The van der Waals surface area contributed by atoms with E-state index in [4.69, 9.17) is 9.15 Å². The Labute approximate surface area is 135 Å². The van der Waals surface area contributed by atoms with Gasteiger partial charge in [0.2, 0.25) is 0 Å². The largest absolute Gasteiger partial charge is 0.573 e. The monoisotopic (exact) mass is 341 g/mol. The van der Waals surface area contributed by atoms with Crippen LogP contribution in [0, 0.1) is 0 Å². The molecular formula is C16H14F3NO4. The maximum absolute atomic E-state index is 12.3. The van der Waals surface area contributed by atoms with Gasteiger partial charge < -0.3 is 18.8 Å². The van der Waals surface area contributed by atoms with Crippen molar-refractivity contribution in [1.29, 1.82) is 0 Å². The van der Waals surface area contributed by atoms with E-state index in [1.807, 2.05) is 0 Å². The van der Waals surface area contributed by atoms with Crippen molar-refractivity contribution in [1.82, 2.24) is 4.90 Å². The summed E-state index contributed by atoms with van der Waals surface area (Å²) in [6, 6.07) is 8.44. The van der Waals surface area contributed by atoms with E-state index in [2.05, 4.69) is 4.74 Å². The molecule has 1 aromatic carbocycles. The number of hydrogen-bond acceptors (Lipinski definition) is 4. The SMILES string of the molecule is O=C(c1ccc(-c2cccc(OC(F)(F)F)c2)o1)N1CCOCC1. The van der Waals surface area contributed by atoms with Crippen molar-refractivity contribution in [3.8, 4) is 17.1 Å². The van der Waals surface area contributed by atoms with Gasteiger partial charge in [0, 0.05) is 18.7 Å². The number of hydrogen-bond donors (Lipinski definition) is 0. The number of carbonyl (C=O) groups is 1. The third-order valence-electron chi connectivity index (χ3n) is 3.47. The quantitative estimate of drug-likeness (QED) is 0.859. The van der Waals surface area contributed by atoms with E-state index >= 15 is 0 Å². The zero-order valence-corrected chi connectivity index (χ0v) is 12.5. The Balaban J connectivity index is 1.78. The third-order valence-corrected chi connectivity index (χ3v) is 3.47. The Bertz CT molecular complexity index is 720. The van der Waals surface area contributed by atoms with Gasteiger partial charge in [0.05, 0.1) is 13.2 Å². The number of morpholine rings is 1. The van der Waals surface area contributed by atoms with Gasteiger partial charge in [-0.25, -0.2) is 0 Å². The van der Waals surface area contributed by atoms with Gasteiger partial charge in [0.15, 0.2) is 5.76 Å². The summed E-state index contributed by atoms with van der Waals surface area (Å²) in [6.07, 6.45) is -4.76. The van der Waals surface area contributed by atoms with Gasteiger partial charge in [0.25, 0.3) is 5.91 Å². The predicted molar refractivity (Wildman–Crippen MR) is 77.5 cm³/mol.